The summed E-state index contributed by atoms with van der Waals surface area (Å²) in [6.45, 7) is 1.33. The Hall–Kier alpha value is -2.64. The van der Waals surface area contributed by atoms with Crippen LogP contribution in [0.5, 0.6) is 0 Å². The molecule has 0 radical (unpaired) electrons. The molecule has 2 aromatic rings. The topological polar surface area (TPSA) is 38.3 Å². The van der Waals surface area contributed by atoms with Crippen molar-refractivity contribution < 1.29 is 13.9 Å². The third-order valence-electron chi connectivity index (χ3n) is 3.86. The van der Waals surface area contributed by atoms with E-state index in [4.69, 9.17) is 4.74 Å². The molecular formula is C20H18FNO2. The molecule has 1 atom stereocenters. The summed E-state index contributed by atoms with van der Waals surface area (Å²) >= 11 is 0. The SMILES string of the molecule is O=C(NCC1CCCO1)c1ccc(C#Cc2ccc(F)cc2)cc1. The highest BCUT2D eigenvalue weighted by Gasteiger charge is 2.16. The number of rotatable bonds is 3. The lowest BCUT2D eigenvalue weighted by molar-refractivity contribution is 0.0858. The van der Waals surface area contributed by atoms with Crippen LogP contribution in [0.1, 0.15) is 34.3 Å². The lowest BCUT2D eigenvalue weighted by Crippen LogP contribution is -2.31. The molecule has 24 heavy (non-hydrogen) atoms. The molecule has 0 aliphatic carbocycles. The lowest BCUT2D eigenvalue weighted by Gasteiger charge is -2.10. The third kappa shape index (κ3) is 4.43. The maximum absolute atomic E-state index is 12.8. The number of benzene rings is 2. The summed E-state index contributed by atoms with van der Waals surface area (Å²) in [5.74, 6) is 5.58. The van der Waals surface area contributed by atoms with E-state index in [1.165, 1.54) is 12.1 Å². The minimum absolute atomic E-state index is 0.108. The standard InChI is InChI=1S/C20H18FNO2/c21-18-11-7-16(8-12-18)4-3-15-5-9-17(10-6-15)20(23)22-14-19-2-1-13-24-19/h5-12,19H,1-2,13-14H2,(H,22,23). The summed E-state index contributed by atoms with van der Waals surface area (Å²) in [4.78, 5) is 12.1. The summed E-state index contributed by atoms with van der Waals surface area (Å²) in [5, 5.41) is 2.89. The van der Waals surface area contributed by atoms with Crippen molar-refractivity contribution in [2.24, 2.45) is 0 Å². The highest BCUT2D eigenvalue weighted by molar-refractivity contribution is 5.94. The van der Waals surface area contributed by atoms with E-state index in [0.29, 0.717) is 12.1 Å². The van der Waals surface area contributed by atoms with Crippen LogP contribution in [0, 0.1) is 17.7 Å². The van der Waals surface area contributed by atoms with Crippen LogP contribution in [-0.4, -0.2) is 25.2 Å². The molecule has 2 aromatic carbocycles. The van der Waals surface area contributed by atoms with E-state index in [2.05, 4.69) is 17.2 Å². The largest absolute Gasteiger partial charge is 0.376 e. The first-order valence-corrected chi connectivity index (χ1v) is 7.98. The number of hydrogen-bond donors (Lipinski definition) is 1. The van der Waals surface area contributed by atoms with Gasteiger partial charge in [0.2, 0.25) is 0 Å². The Kier molecular flexibility index (Phi) is 5.25. The minimum Gasteiger partial charge on any atom is -0.376 e. The lowest BCUT2D eigenvalue weighted by atomic mass is 10.1. The fraction of sp³-hybridized carbons (Fsp3) is 0.250. The Morgan fingerprint density at radius 3 is 2.29 bits per heavy atom. The van der Waals surface area contributed by atoms with E-state index in [1.807, 2.05) is 0 Å². The number of nitrogens with one attached hydrogen (secondary N) is 1. The molecule has 0 bridgehead atoms. The van der Waals surface area contributed by atoms with E-state index in [1.54, 1.807) is 36.4 Å². The van der Waals surface area contributed by atoms with Crippen LogP contribution in [0.4, 0.5) is 4.39 Å². The summed E-state index contributed by atoms with van der Waals surface area (Å²) in [5.41, 5.74) is 2.14. The van der Waals surface area contributed by atoms with Crippen LogP contribution in [-0.2, 0) is 4.74 Å². The fourth-order valence-corrected chi connectivity index (χ4v) is 2.50. The van der Waals surface area contributed by atoms with E-state index in [9.17, 15) is 9.18 Å². The zero-order valence-electron chi connectivity index (χ0n) is 13.2. The second kappa shape index (κ2) is 7.76. The third-order valence-corrected chi connectivity index (χ3v) is 3.86. The molecule has 1 amide bonds. The Balaban J connectivity index is 1.58. The van der Waals surface area contributed by atoms with Gasteiger partial charge in [0.05, 0.1) is 6.10 Å². The smallest absolute Gasteiger partial charge is 0.251 e. The number of amides is 1. The summed E-state index contributed by atoms with van der Waals surface area (Å²) < 4.78 is 18.3. The van der Waals surface area contributed by atoms with Gasteiger partial charge in [-0.2, -0.15) is 0 Å². The zero-order valence-corrected chi connectivity index (χ0v) is 13.2. The van der Waals surface area contributed by atoms with Gasteiger partial charge < -0.3 is 10.1 Å². The molecule has 1 N–H and O–H groups in total. The predicted octanol–water partition coefficient (Wildman–Crippen LogP) is 3.13. The Morgan fingerprint density at radius 1 is 1.08 bits per heavy atom. The second-order valence-electron chi connectivity index (χ2n) is 5.68. The van der Waals surface area contributed by atoms with Gasteiger partial charge >= 0.3 is 0 Å². The van der Waals surface area contributed by atoms with Gasteiger partial charge in [-0.1, -0.05) is 11.8 Å². The van der Waals surface area contributed by atoms with Crippen molar-refractivity contribution in [2.45, 2.75) is 18.9 Å². The van der Waals surface area contributed by atoms with E-state index in [-0.39, 0.29) is 17.8 Å². The summed E-state index contributed by atoms with van der Waals surface area (Å²) in [7, 11) is 0. The summed E-state index contributed by atoms with van der Waals surface area (Å²) in [6.07, 6.45) is 2.19. The van der Waals surface area contributed by atoms with Crippen LogP contribution in [0.2, 0.25) is 0 Å². The van der Waals surface area contributed by atoms with Crippen molar-refractivity contribution in [3.8, 4) is 11.8 Å². The van der Waals surface area contributed by atoms with Crippen LogP contribution in [0.3, 0.4) is 0 Å². The molecule has 3 rings (SSSR count). The van der Waals surface area contributed by atoms with Crippen molar-refractivity contribution in [1.82, 2.24) is 5.32 Å². The van der Waals surface area contributed by atoms with Crippen molar-refractivity contribution >= 4 is 5.91 Å². The molecule has 0 aromatic heterocycles. The van der Waals surface area contributed by atoms with Gasteiger partial charge in [-0.05, 0) is 61.4 Å². The predicted molar refractivity (Wildman–Crippen MR) is 90.1 cm³/mol. The van der Waals surface area contributed by atoms with Crippen molar-refractivity contribution in [1.29, 1.82) is 0 Å². The molecule has 0 spiro atoms. The van der Waals surface area contributed by atoms with Crippen LogP contribution >= 0.6 is 0 Å². The van der Waals surface area contributed by atoms with Gasteiger partial charge in [0, 0.05) is 29.8 Å². The number of carbonyl (C=O) groups is 1. The first kappa shape index (κ1) is 16.2. The van der Waals surface area contributed by atoms with Crippen LogP contribution in [0.15, 0.2) is 48.5 Å². The number of carbonyl (C=O) groups excluding carboxylic acids is 1. The minimum atomic E-state index is -0.279. The fourth-order valence-electron chi connectivity index (χ4n) is 2.50. The van der Waals surface area contributed by atoms with Gasteiger partial charge in [-0.25, -0.2) is 4.39 Å². The molecule has 1 unspecified atom stereocenters. The summed E-state index contributed by atoms with van der Waals surface area (Å²) in [6, 6.07) is 13.1. The second-order valence-corrected chi connectivity index (χ2v) is 5.68. The normalized spacial score (nSPS) is 16.3. The van der Waals surface area contributed by atoms with Gasteiger partial charge in [0.1, 0.15) is 5.82 Å². The maximum Gasteiger partial charge on any atom is 0.251 e. The molecule has 1 aliphatic rings. The van der Waals surface area contributed by atoms with Crippen LogP contribution < -0.4 is 5.32 Å². The zero-order chi connectivity index (χ0) is 16.8. The molecule has 4 heteroatoms. The number of halogens is 1. The average molecular weight is 323 g/mol. The Bertz CT molecular complexity index is 751. The van der Waals surface area contributed by atoms with Gasteiger partial charge in [0.15, 0.2) is 0 Å². The number of ether oxygens (including phenoxy) is 1. The van der Waals surface area contributed by atoms with E-state index in [0.717, 1.165) is 30.6 Å². The first-order chi connectivity index (χ1) is 11.7. The highest BCUT2D eigenvalue weighted by Crippen LogP contribution is 2.11. The molecule has 1 fully saturated rings. The van der Waals surface area contributed by atoms with Gasteiger partial charge in [0.25, 0.3) is 5.91 Å². The number of hydrogen-bond acceptors (Lipinski definition) is 2. The molecule has 1 saturated heterocycles. The van der Waals surface area contributed by atoms with Gasteiger partial charge in [-0.15, -0.1) is 0 Å². The molecule has 1 aliphatic heterocycles. The quantitative estimate of drug-likeness (QED) is 0.881. The molecule has 3 nitrogen and oxygen atoms in total. The molecular weight excluding hydrogens is 305 g/mol. The van der Waals surface area contributed by atoms with Crippen molar-refractivity contribution in [3.05, 3.63) is 71.0 Å². The maximum atomic E-state index is 12.8. The monoisotopic (exact) mass is 323 g/mol. The Morgan fingerprint density at radius 2 is 1.71 bits per heavy atom. The highest BCUT2D eigenvalue weighted by atomic mass is 19.1. The average Bonchev–Trinajstić information content (AvgIpc) is 3.13. The molecule has 122 valence electrons. The van der Waals surface area contributed by atoms with E-state index < -0.39 is 0 Å². The van der Waals surface area contributed by atoms with Crippen LogP contribution in [0.25, 0.3) is 0 Å². The Labute approximate surface area is 140 Å². The molecule has 0 saturated carbocycles. The van der Waals surface area contributed by atoms with E-state index >= 15 is 0 Å². The van der Waals surface area contributed by atoms with Crippen molar-refractivity contribution in [2.75, 3.05) is 13.2 Å². The first-order valence-electron chi connectivity index (χ1n) is 7.98. The molecule has 1 heterocycles. The van der Waals surface area contributed by atoms with Crippen molar-refractivity contribution in [3.63, 3.8) is 0 Å². The van der Waals surface area contributed by atoms with Gasteiger partial charge in [-0.3, -0.25) is 4.79 Å².